The lowest BCUT2D eigenvalue weighted by Crippen LogP contribution is -2.32. The Morgan fingerprint density at radius 3 is 2.50 bits per heavy atom. The van der Waals surface area contributed by atoms with Gasteiger partial charge in [0.25, 0.3) is 5.91 Å². The van der Waals surface area contributed by atoms with Crippen molar-refractivity contribution in [1.82, 2.24) is 5.32 Å². The maximum Gasteiger partial charge on any atom is 0.261 e. The molecule has 2 amide bonds. The predicted octanol–water partition coefficient (Wildman–Crippen LogP) is 1.81. The lowest BCUT2D eigenvalue weighted by molar-refractivity contribution is -0.115. The molecule has 1 heterocycles. The van der Waals surface area contributed by atoms with E-state index in [1.807, 2.05) is 13.0 Å². The molecule has 10 heteroatoms. The van der Waals surface area contributed by atoms with E-state index < -0.39 is 15.9 Å². The van der Waals surface area contributed by atoms with Crippen LogP contribution < -0.4 is 20.1 Å². The van der Waals surface area contributed by atoms with Gasteiger partial charge in [-0.1, -0.05) is 0 Å². The highest BCUT2D eigenvalue weighted by Crippen LogP contribution is 2.28. The summed E-state index contributed by atoms with van der Waals surface area (Å²) in [5.41, 5.74) is 0.564. The van der Waals surface area contributed by atoms with Crippen molar-refractivity contribution in [3.63, 3.8) is 0 Å². The lowest BCUT2D eigenvalue weighted by atomic mass is 10.2. The van der Waals surface area contributed by atoms with Gasteiger partial charge in [-0.3, -0.25) is 14.3 Å². The number of amides is 2. The Hall–Kier alpha value is -2.59. The first-order valence-corrected chi connectivity index (χ1v) is 10.2. The second-order valence-electron chi connectivity index (χ2n) is 5.43. The van der Waals surface area contributed by atoms with Crippen LogP contribution in [0.4, 0.5) is 11.4 Å². The van der Waals surface area contributed by atoms with Crippen LogP contribution in [0.15, 0.2) is 30.3 Å². The Morgan fingerprint density at radius 2 is 1.92 bits per heavy atom. The second-order valence-corrected chi connectivity index (χ2v) is 8.47. The molecule has 0 fully saturated rings. The zero-order valence-corrected chi connectivity index (χ0v) is 16.1. The topological polar surface area (TPSA) is 114 Å². The van der Waals surface area contributed by atoms with E-state index in [4.69, 9.17) is 4.74 Å². The number of carbonyl (C=O) groups is 2. The molecule has 0 aliphatic carbocycles. The fourth-order valence-corrected chi connectivity index (χ4v) is 3.42. The van der Waals surface area contributed by atoms with E-state index in [-0.39, 0.29) is 18.1 Å². The number of carbonyl (C=O) groups excluding carboxylic acids is 2. The number of rotatable bonds is 7. The number of benzene rings is 1. The van der Waals surface area contributed by atoms with Gasteiger partial charge in [-0.2, -0.15) is 0 Å². The molecule has 0 aliphatic heterocycles. The first kappa shape index (κ1) is 19.7. The largest absolute Gasteiger partial charge is 0.495 e. The molecule has 0 saturated heterocycles. The van der Waals surface area contributed by atoms with Crippen LogP contribution in [-0.2, 0) is 14.8 Å². The third-order valence-electron chi connectivity index (χ3n) is 3.15. The van der Waals surface area contributed by atoms with Crippen molar-refractivity contribution in [1.29, 1.82) is 0 Å². The van der Waals surface area contributed by atoms with E-state index in [0.717, 1.165) is 11.1 Å². The van der Waals surface area contributed by atoms with Crippen LogP contribution >= 0.6 is 11.3 Å². The average Bonchev–Trinajstić information content (AvgIpc) is 2.98. The molecule has 0 unspecified atom stereocenters. The van der Waals surface area contributed by atoms with Crippen molar-refractivity contribution in [2.75, 3.05) is 29.9 Å². The molecule has 0 spiro atoms. The minimum absolute atomic E-state index is 0.200. The Bertz CT molecular complexity index is 922. The van der Waals surface area contributed by atoms with Crippen molar-refractivity contribution in [2.24, 2.45) is 0 Å². The number of sulfonamides is 1. The van der Waals surface area contributed by atoms with Gasteiger partial charge in [-0.25, -0.2) is 8.42 Å². The van der Waals surface area contributed by atoms with Gasteiger partial charge in [0, 0.05) is 10.6 Å². The fraction of sp³-hybridized carbons (Fsp3) is 0.250. The van der Waals surface area contributed by atoms with Crippen molar-refractivity contribution in [3.8, 4) is 5.75 Å². The molecule has 0 bridgehead atoms. The third kappa shape index (κ3) is 5.74. The molecule has 2 rings (SSSR count). The zero-order chi connectivity index (χ0) is 19.3. The summed E-state index contributed by atoms with van der Waals surface area (Å²) in [4.78, 5) is 25.5. The summed E-state index contributed by atoms with van der Waals surface area (Å²) >= 11 is 1.34. The first-order chi connectivity index (χ1) is 12.2. The molecule has 0 saturated carbocycles. The van der Waals surface area contributed by atoms with Crippen LogP contribution in [0.25, 0.3) is 0 Å². The molecular formula is C16H19N3O5S2. The summed E-state index contributed by atoms with van der Waals surface area (Å²) in [6.45, 7) is 1.68. The molecule has 8 nitrogen and oxygen atoms in total. The number of aryl methyl sites for hydroxylation is 1. The van der Waals surface area contributed by atoms with E-state index in [2.05, 4.69) is 15.4 Å². The molecule has 0 atom stereocenters. The number of nitrogens with one attached hydrogen (secondary N) is 3. The van der Waals surface area contributed by atoms with E-state index in [1.165, 1.54) is 30.6 Å². The molecule has 1 aromatic heterocycles. The summed E-state index contributed by atoms with van der Waals surface area (Å²) in [7, 11) is -2.10. The van der Waals surface area contributed by atoms with E-state index >= 15 is 0 Å². The number of hydrogen-bond acceptors (Lipinski definition) is 6. The van der Waals surface area contributed by atoms with Crippen LogP contribution in [0.3, 0.4) is 0 Å². The fourth-order valence-electron chi connectivity index (χ4n) is 2.07. The molecule has 0 radical (unpaired) electrons. The van der Waals surface area contributed by atoms with Crippen molar-refractivity contribution >= 4 is 44.5 Å². The maximum absolute atomic E-state index is 12.0. The summed E-state index contributed by atoms with van der Waals surface area (Å²) in [6.07, 6.45) is 1.01. The minimum atomic E-state index is -3.50. The van der Waals surface area contributed by atoms with Crippen LogP contribution in [0.5, 0.6) is 5.75 Å². The zero-order valence-electron chi connectivity index (χ0n) is 14.5. The van der Waals surface area contributed by atoms with Crippen LogP contribution in [0.1, 0.15) is 14.5 Å². The Kier molecular flexibility index (Phi) is 6.22. The van der Waals surface area contributed by atoms with Gasteiger partial charge < -0.3 is 15.4 Å². The third-order valence-corrected chi connectivity index (χ3v) is 4.74. The summed E-state index contributed by atoms with van der Waals surface area (Å²) in [5.74, 6) is -0.454. The predicted molar refractivity (Wildman–Crippen MR) is 101 cm³/mol. The second kappa shape index (κ2) is 8.19. The highest BCUT2D eigenvalue weighted by atomic mass is 32.2. The monoisotopic (exact) mass is 397 g/mol. The first-order valence-electron chi connectivity index (χ1n) is 7.48. The van der Waals surface area contributed by atoms with Gasteiger partial charge >= 0.3 is 0 Å². The number of hydrogen-bond donors (Lipinski definition) is 3. The van der Waals surface area contributed by atoms with Gasteiger partial charge in [0.2, 0.25) is 15.9 Å². The minimum Gasteiger partial charge on any atom is -0.495 e. The lowest BCUT2D eigenvalue weighted by Gasteiger charge is -2.12. The van der Waals surface area contributed by atoms with Crippen LogP contribution in [0, 0.1) is 6.92 Å². The SMILES string of the molecule is COc1ccc(NC(=O)CNC(=O)c2ccc(C)s2)cc1NS(C)(=O)=O. The van der Waals surface area contributed by atoms with E-state index in [0.29, 0.717) is 16.3 Å². The Balaban J connectivity index is 2.00. The smallest absolute Gasteiger partial charge is 0.261 e. The maximum atomic E-state index is 12.0. The molecule has 3 N–H and O–H groups in total. The molecule has 140 valence electrons. The molecule has 1 aromatic carbocycles. The van der Waals surface area contributed by atoms with Crippen molar-refractivity contribution in [3.05, 3.63) is 40.1 Å². The summed E-state index contributed by atoms with van der Waals surface area (Å²) < 4.78 is 30.2. The average molecular weight is 397 g/mol. The molecule has 0 aliphatic rings. The van der Waals surface area contributed by atoms with Crippen LogP contribution in [0.2, 0.25) is 0 Å². The van der Waals surface area contributed by atoms with E-state index in [1.54, 1.807) is 12.1 Å². The summed E-state index contributed by atoms with van der Waals surface area (Å²) in [6, 6.07) is 8.04. The number of ether oxygens (including phenoxy) is 1. The number of thiophene rings is 1. The normalized spacial score (nSPS) is 10.9. The van der Waals surface area contributed by atoms with Crippen LogP contribution in [-0.4, -0.2) is 40.1 Å². The molecule has 26 heavy (non-hydrogen) atoms. The Labute approximate surface area is 155 Å². The highest BCUT2D eigenvalue weighted by molar-refractivity contribution is 7.92. The van der Waals surface area contributed by atoms with Gasteiger partial charge in [0.15, 0.2) is 0 Å². The standard InChI is InChI=1S/C16H19N3O5S2/c1-10-4-7-14(25-10)16(21)17-9-15(20)18-11-5-6-13(24-2)12(8-11)19-26(3,22)23/h4-8,19H,9H2,1-3H3,(H,17,21)(H,18,20). The van der Waals surface area contributed by atoms with Gasteiger partial charge in [-0.05, 0) is 37.3 Å². The molecular weight excluding hydrogens is 378 g/mol. The number of methoxy groups -OCH3 is 1. The van der Waals surface area contributed by atoms with Gasteiger partial charge in [-0.15, -0.1) is 11.3 Å². The summed E-state index contributed by atoms with van der Waals surface area (Å²) in [5, 5.41) is 5.12. The van der Waals surface area contributed by atoms with Crippen molar-refractivity contribution < 1.29 is 22.7 Å². The molecule has 2 aromatic rings. The highest BCUT2D eigenvalue weighted by Gasteiger charge is 2.12. The van der Waals surface area contributed by atoms with E-state index in [9.17, 15) is 18.0 Å². The van der Waals surface area contributed by atoms with Crippen molar-refractivity contribution in [2.45, 2.75) is 6.92 Å². The number of anilines is 2. The van der Waals surface area contributed by atoms with Gasteiger partial charge in [0.1, 0.15) is 5.75 Å². The quantitative estimate of drug-likeness (QED) is 0.659. The van der Waals surface area contributed by atoms with Gasteiger partial charge in [0.05, 0.1) is 30.5 Å². The Morgan fingerprint density at radius 1 is 1.19 bits per heavy atom.